The summed E-state index contributed by atoms with van der Waals surface area (Å²) in [5.74, 6) is -1.95. The molecule has 2 amide bonds. The lowest BCUT2D eigenvalue weighted by Gasteiger charge is -2.18. The second-order valence-corrected chi connectivity index (χ2v) is 7.94. The summed E-state index contributed by atoms with van der Waals surface area (Å²) in [6.07, 6.45) is 3.20. The Hall–Kier alpha value is -3.94. The third-order valence-corrected chi connectivity index (χ3v) is 5.29. The van der Waals surface area contributed by atoms with Gasteiger partial charge in [0, 0.05) is 29.8 Å². The van der Waals surface area contributed by atoms with Crippen molar-refractivity contribution in [3.05, 3.63) is 106 Å². The Morgan fingerprint density at radius 3 is 2.35 bits per heavy atom. The van der Waals surface area contributed by atoms with E-state index in [0.717, 1.165) is 11.1 Å². The van der Waals surface area contributed by atoms with E-state index in [1.807, 2.05) is 30.3 Å². The van der Waals surface area contributed by atoms with Gasteiger partial charge in [-0.1, -0.05) is 48.0 Å². The number of halogens is 1. The molecule has 3 aromatic carbocycles. The molecule has 0 heterocycles. The van der Waals surface area contributed by atoms with E-state index in [4.69, 9.17) is 22.4 Å². The Morgan fingerprint density at radius 2 is 1.71 bits per heavy atom. The molecule has 0 radical (unpaired) electrons. The average Bonchev–Trinajstić information content (AvgIpc) is 2.83. The molecule has 3 rings (SSSR count). The van der Waals surface area contributed by atoms with Crippen molar-refractivity contribution in [1.29, 1.82) is 0 Å². The SMILES string of the molecule is NCc1ccc(Cl)cc1C=CC(=O)N[C@@H](Cc1ccccc1)C(=O)Nc1ccc(C(=O)O)cc1. The molecule has 0 saturated heterocycles. The van der Waals surface area contributed by atoms with Gasteiger partial charge in [0.1, 0.15) is 6.04 Å². The van der Waals surface area contributed by atoms with Gasteiger partial charge in [0.15, 0.2) is 0 Å². The molecule has 0 aliphatic carbocycles. The van der Waals surface area contributed by atoms with Crippen LogP contribution in [-0.2, 0) is 22.6 Å². The van der Waals surface area contributed by atoms with Crippen molar-refractivity contribution in [2.24, 2.45) is 5.73 Å². The van der Waals surface area contributed by atoms with Crippen molar-refractivity contribution in [2.45, 2.75) is 19.0 Å². The predicted molar refractivity (Wildman–Crippen MR) is 132 cm³/mol. The van der Waals surface area contributed by atoms with Crippen LogP contribution in [0, 0.1) is 0 Å². The third-order valence-electron chi connectivity index (χ3n) is 5.06. The van der Waals surface area contributed by atoms with Crippen LogP contribution in [0.2, 0.25) is 5.02 Å². The van der Waals surface area contributed by atoms with E-state index in [1.54, 1.807) is 24.3 Å². The molecular weight excluding hydrogens is 454 g/mol. The average molecular weight is 478 g/mol. The fourth-order valence-electron chi connectivity index (χ4n) is 3.28. The number of hydrogen-bond donors (Lipinski definition) is 4. The van der Waals surface area contributed by atoms with Crippen molar-refractivity contribution in [3.8, 4) is 0 Å². The molecule has 8 heteroatoms. The first-order valence-corrected chi connectivity index (χ1v) is 10.9. The van der Waals surface area contributed by atoms with Crippen molar-refractivity contribution in [3.63, 3.8) is 0 Å². The number of nitrogens with one attached hydrogen (secondary N) is 2. The second kappa shape index (κ2) is 11.8. The third kappa shape index (κ3) is 7.03. The molecular formula is C26H24ClN3O4. The quantitative estimate of drug-likeness (QED) is 0.348. The molecule has 174 valence electrons. The number of anilines is 1. The van der Waals surface area contributed by atoms with E-state index in [9.17, 15) is 14.4 Å². The Labute approximate surface area is 202 Å². The molecule has 7 nitrogen and oxygen atoms in total. The summed E-state index contributed by atoms with van der Waals surface area (Å²) in [5.41, 5.74) is 8.69. The largest absolute Gasteiger partial charge is 0.478 e. The van der Waals surface area contributed by atoms with Crippen LogP contribution in [0.15, 0.2) is 78.9 Å². The lowest BCUT2D eigenvalue weighted by Crippen LogP contribution is -2.44. The zero-order chi connectivity index (χ0) is 24.5. The number of carboxylic acid groups (broad SMARTS) is 1. The van der Waals surface area contributed by atoms with E-state index in [0.29, 0.717) is 16.3 Å². The molecule has 3 aromatic rings. The van der Waals surface area contributed by atoms with Gasteiger partial charge in [-0.3, -0.25) is 9.59 Å². The highest BCUT2D eigenvalue weighted by Gasteiger charge is 2.21. The molecule has 0 fully saturated rings. The van der Waals surface area contributed by atoms with Crippen LogP contribution in [0.3, 0.4) is 0 Å². The van der Waals surface area contributed by atoms with Gasteiger partial charge < -0.3 is 21.5 Å². The summed E-state index contributed by atoms with van der Waals surface area (Å²) < 4.78 is 0. The number of aromatic carboxylic acids is 1. The molecule has 5 N–H and O–H groups in total. The highest BCUT2D eigenvalue weighted by atomic mass is 35.5. The molecule has 0 spiro atoms. The highest BCUT2D eigenvalue weighted by Crippen LogP contribution is 2.17. The van der Waals surface area contributed by atoms with Crippen molar-refractivity contribution < 1.29 is 19.5 Å². The number of nitrogens with two attached hydrogens (primary N) is 1. The first-order valence-electron chi connectivity index (χ1n) is 10.5. The first-order chi connectivity index (χ1) is 16.4. The highest BCUT2D eigenvalue weighted by molar-refractivity contribution is 6.30. The monoisotopic (exact) mass is 477 g/mol. The summed E-state index contributed by atoms with van der Waals surface area (Å²) in [6, 6.07) is 19.4. The topological polar surface area (TPSA) is 122 Å². The molecule has 0 unspecified atom stereocenters. The summed E-state index contributed by atoms with van der Waals surface area (Å²) in [5, 5.41) is 15.0. The van der Waals surface area contributed by atoms with Gasteiger partial charge in [-0.25, -0.2) is 4.79 Å². The Morgan fingerprint density at radius 1 is 1.00 bits per heavy atom. The maximum absolute atomic E-state index is 13.0. The van der Waals surface area contributed by atoms with Crippen molar-refractivity contribution >= 4 is 41.1 Å². The maximum atomic E-state index is 13.0. The lowest BCUT2D eigenvalue weighted by atomic mass is 10.0. The number of hydrogen-bond acceptors (Lipinski definition) is 4. The van der Waals surface area contributed by atoms with E-state index < -0.39 is 23.8 Å². The standard InChI is InChI=1S/C26H24ClN3O4/c27-21-10-6-20(16-28)19(15-21)9-13-24(31)30-23(14-17-4-2-1-3-5-17)25(32)29-22-11-7-18(8-12-22)26(33)34/h1-13,15,23H,14,16,28H2,(H,29,32)(H,30,31)(H,33,34)/t23-/m0/s1. The van der Waals surface area contributed by atoms with Crippen LogP contribution >= 0.6 is 11.6 Å². The van der Waals surface area contributed by atoms with Gasteiger partial charge >= 0.3 is 5.97 Å². The fraction of sp³-hybridized carbons (Fsp3) is 0.115. The van der Waals surface area contributed by atoms with Gasteiger partial charge in [-0.15, -0.1) is 0 Å². The predicted octanol–water partition coefficient (Wildman–Crippen LogP) is 3.88. The first kappa shape index (κ1) is 24.7. The molecule has 0 bridgehead atoms. The van der Waals surface area contributed by atoms with Crippen LogP contribution < -0.4 is 16.4 Å². The van der Waals surface area contributed by atoms with Crippen LogP contribution in [0.1, 0.15) is 27.0 Å². The summed E-state index contributed by atoms with van der Waals surface area (Å²) in [6.45, 7) is 0.290. The van der Waals surface area contributed by atoms with Crippen LogP contribution in [-0.4, -0.2) is 28.9 Å². The van der Waals surface area contributed by atoms with Crippen LogP contribution in [0.25, 0.3) is 6.08 Å². The molecule has 34 heavy (non-hydrogen) atoms. The number of amides is 2. The van der Waals surface area contributed by atoms with E-state index >= 15 is 0 Å². The Kier molecular flexibility index (Phi) is 8.56. The Bertz CT molecular complexity index is 1190. The second-order valence-electron chi connectivity index (χ2n) is 7.50. The summed E-state index contributed by atoms with van der Waals surface area (Å²) in [7, 11) is 0. The van der Waals surface area contributed by atoms with Gasteiger partial charge in [0.25, 0.3) is 0 Å². The molecule has 0 aliphatic rings. The number of carboxylic acids is 1. The van der Waals surface area contributed by atoms with Crippen LogP contribution in [0.5, 0.6) is 0 Å². The van der Waals surface area contributed by atoms with Crippen molar-refractivity contribution in [2.75, 3.05) is 5.32 Å². The molecule has 0 aromatic heterocycles. The van der Waals surface area contributed by atoms with Gasteiger partial charge in [0.2, 0.25) is 11.8 Å². The minimum absolute atomic E-state index is 0.107. The van der Waals surface area contributed by atoms with E-state index in [2.05, 4.69) is 10.6 Å². The fourth-order valence-corrected chi connectivity index (χ4v) is 3.46. The molecule has 0 aliphatic heterocycles. The summed E-state index contributed by atoms with van der Waals surface area (Å²) in [4.78, 5) is 36.7. The van der Waals surface area contributed by atoms with Gasteiger partial charge in [-0.05, 0) is 59.2 Å². The van der Waals surface area contributed by atoms with Gasteiger partial charge in [-0.2, -0.15) is 0 Å². The van der Waals surface area contributed by atoms with Gasteiger partial charge in [0.05, 0.1) is 5.56 Å². The van der Waals surface area contributed by atoms with E-state index in [-0.39, 0.29) is 18.5 Å². The minimum Gasteiger partial charge on any atom is -0.478 e. The normalized spacial score (nSPS) is 11.7. The number of benzene rings is 3. The maximum Gasteiger partial charge on any atom is 0.335 e. The van der Waals surface area contributed by atoms with Crippen LogP contribution in [0.4, 0.5) is 5.69 Å². The zero-order valence-corrected chi connectivity index (χ0v) is 19.0. The van der Waals surface area contributed by atoms with E-state index in [1.165, 1.54) is 30.3 Å². The lowest BCUT2D eigenvalue weighted by molar-refractivity contribution is -0.123. The Balaban J connectivity index is 1.75. The number of carbonyl (C=O) groups is 3. The smallest absolute Gasteiger partial charge is 0.335 e. The minimum atomic E-state index is -1.06. The summed E-state index contributed by atoms with van der Waals surface area (Å²) >= 11 is 6.05. The number of rotatable bonds is 9. The number of carbonyl (C=O) groups excluding carboxylic acids is 2. The molecule has 1 atom stereocenters. The molecule has 0 saturated carbocycles. The zero-order valence-electron chi connectivity index (χ0n) is 18.2. The van der Waals surface area contributed by atoms with Crippen molar-refractivity contribution in [1.82, 2.24) is 5.32 Å².